The van der Waals surface area contributed by atoms with Crippen LogP contribution in [0, 0.1) is 27.7 Å². The Morgan fingerprint density at radius 2 is 1.42 bits per heavy atom. The minimum Gasteiger partial charge on any atom is -0.350 e. The lowest BCUT2D eigenvalue weighted by molar-refractivity contribution is -0.120. The molecule has 1 aliphatic heterocycles. The van der Waals surface area contributed by atoms with Crippen molar-refractivity contribution in [3.8, 4) is 0 Å². The molecule has 0 bridgehead atoms. The summed E-state index contributed by atoms with van der Waals surface area (Å²) in [7, 11) is 0. The van der Waals surface area contributed by atoms with Crippen molar-refractivity contribution in [1.82, 2.24) is 0 Å². The average Bonchev–Trinajstić information content (AvgIpc) is 2.96. The number of halogens is 1. The second-order valence-corrected chi connectivity index (χ2v) is 8.35. The summed E-state index contributed by atoms with van der Waals surface area (Å²) >= 11 is 6.29. The normalized spacial score (nSPS) is 13.9. The molecule has 0 spiro atoms. The summed E-state index contributed by atoms with van der Waals surface area (Å²) in [5, 5.41) is 3.70. The Bertz CT molecular complexity index is 1240. The van der Waals surface area contributed by atoms with Gasteiger partial charge in [-0.25, -0.2) is 4.90 Å². The molecule has 1 heterocycles. The summed E-state index contributed by atoms with van der Waals surface area (Å²) in [5.74, 6) is -0.771. The monoisotopic (exact) mass is 430 g/mol. The van der Waals surface area contributed by atoms with Crippen LogP contribution in [-0.2, 0) is 9.59 Å². The molecule has 156 valence electrons. The number of carbonyl (C=O) groups excluding carboxylic acids is 2. The Morgan fingerprint density at radius 3 is 2.06 bits per heavy atom. The highest BCUT2D eigenvalue weighted by molar-refractivity contribution is 6.46. The van der Waals surface area contributed by atoms with Gasteiger partial charge in [-0.2, -0.15) is 0 Å². The topological polar surface area (TPSA) is 49.4 Å². The van der Waals surface area contributed by atoms with Crippen molar-refractivity contribution in [3.63, 3.8) is 0 Å². The standard InChI is InChI=1S/C26H23ClN2O2/c1-15-5-9-19(10-6-15)28-24-23(21-12-7-16(2)13-18(21)4)25(30)29(26(24)31)20-11-8-17(3)22(27)14-20/h5-14,28H,1-4H3. The van der Waals surface area contributed by atoms with E-state index in [1.54, 1.807) is 18.2 Å². The van der Waals surface area contributed by atoms with Crippen molar-refractivity contribution in [3.05, 3.63) is 99.2 Å². The van der Waals surface area contributed by atoms with Gasteiger partial charge >= 0.3 is 0 Å². The lowest BCUT2D eigenvalue weighted by Crippen LogP contribution is -2.32. The number of hydrogen-bond donors (Lipinski definition) is 1. The molecule has 0 saturated carbocycles. The molecule has 0 aliphatic carbocycles. The maximum atomic E-state index is 13.6. The number of nitrogens with one attached hydrogen (secondary N) is 1. The first kappa shape index (κ1) is 20.9. The Hall–Kier alpha value is -3.37. The van der Waals surface area contributed by atoms with E-state index in [9.17, 15) is 9.59 Å². The van der Waals surface area contributed by atoms with Crippen LogP contribution in [0.1, 0.15) is 27.8 Å². The van der Waals surface area contributed by atoms with Gasteiger partial charge in [0.25, 0.3) is 11.8 Å². The minimum atomic E-state index is -0.402. The van der Waals surface area contributed by atoms with Crippen molar-refractivity contribution in [2.24, 2.45) is 0 Å². The van der Waals surface area contributed by atoms with Crippen LogP contribution in [-0.4, -0.2) is 11.8 Å². The maximum absolute atomic E-state index is 13.6. The number of aryl methyl sites for hydroxylation is 4. The van der Waals surface area contributed by atoms with Gasteiger partial charge in [-0.05, 0) is 68.7 Å². The zero-order valence-electron chi connectivity index (χ0n) is 17.9. The Kier molecular flexibility index (Phi) is 5.42. The van der Waals surface area contributed by atoms with Gasteiger partial charge in [0.05, 0.1) is 11.3 Å². The van der Waals surface area contributed by atoms with Gasteiger partial charge in [-0.15, -0.1) is 0 Å². The first-order chi connectivity index (χ1) is 14.8. The van der Waals surface area contributed by atoms with Crippen LogP contribution in [0.4, 0.5) is 11.4 Å². The summed E-state index contributed by atoms with van der Waals surface area (Å²) in [4.78, 5) is 28.2. The highest BCUT2D eigenvalue weighted by Crippen LogP contribution is 2.36. The fraction of sp³-hybridized carbons (Fsp3) is 0.154. The van der Waals surface area contributed by atoms with Crippen molar-refractivity contribution in [1.29, 1.82) is 0 Å². The van der Waals surface area contributed by atoms with E-state index >= 15 is 0 Å². The molecule has 5 heteroatoms. The van der Waals surface area contributed by atoms with Crippen LogP contribution in [0.2, 0.25) is 5.02 Å². The third-order valence-electron chi connectivity index (χ3n) is 5.47. The zero-order valence-corrected chi connectivity index (χ0v) is 18.7. The van der Waals surface area contributed by atoms with Crippen LogP contribution < -0.4 is 10.2 Å². The second kappa shape index (κ2) is 8.05. The van der Waals surface area contributed by atoms with Gasteiger partial charge in [0, 0.05) is 10.7 Å². The minimum absolute atomic E-state index is 0.262. The van der Waals surface area contributed by atoms with Crippen molar-refractivity contribution < 1.29 is 9.59 Å². The lowest BCUT2D eigenvalue weighted by atomic mass is 9.97. The number of anilines is 2. The highest BCUT2D eigenvalue weighted by Gasteiger charge is 2.40. The summed E-state index contributed by atoms with van der Waals surface area (Å²) in [6.45, 7) is 7.82. The summed E-state index contributed by atoms with van der Waals surface area (Å²) in [6.07, 6.45) is 0. The largest absolute Gasteiger partial charge is 0.350 e. The van der Waals surface area contributed by atoms with Crippen LogP contribution >= 0.6 is 11.6 Å². The molecule has 0 radical (unpaired) electrons. The molecule has 0 atom stereocenters. The third kappa shape index (κ3) is 3.87. The Morgan fingerprint density at radius 1 is 0.742 bits per heavy atom. The van der Waals surface area contributed by atoms with Crippen LogP contribution in [0.3, 0.4) is 0 Å². The number of amides is 2. The average molecular weight is 431 g/mol. The number of hydrogen-bond acceptors (Lipinski definition) is 3. The van der Waals surface area contributed by atoms with E-state index in [0.29, 0.717) is 16.3 Å². The number of rotatable bonds is 4. The fourth-order valence-electron chi connectivity index (χ4n) is 3.73. The van der Waals surface area contributed by atoms with E-state index in [1.807, 2.05) is 70.2 Å². The van der Waals surface area contributed by atoms with E-state index in [1.165, 1.54) is 4.90 Å². The molecule has 0 unspecified atom stereocenters. The molecule has 1 N–H and O–H groups in total. The van der Waals surface area contributed by atoms with Gasteiger partial charge in [-0.1, -0.05) is 59.1 Å². The summed E-state index contributed by atoms with van der Waals surface area (Å²) in [5.41, 5.74) is 6.57. The Balaban J connectivity index is 1.86. The lowest BCUT2D eigenvalue weighted by Gasteiger charge is -2.16. The van der Waals surface area contributed by atoms with E-state index in [-0.39, 0.29) is 11.6 Å². The molecular weight excluding hydrogens is 408 g/mol. The molecule has 0 saturated heterocycles. The van der Waals surface area contributed by atoms with Gasteiger partial charge in [0.2, 0.25) is 0 Å². The number of benzene rings is 3. The van der Waals surface area contributed by atoms with E-state index in [0.717, 1.165) is 33.5 Å². The second-order valence-electron chi connectivity index (χ2n) is 7.94. The predicted octanol–water partition coefficient (Wildman–Crippen LogP) is 5.97. The first-order valence-corrected chi connectivity index (χ1v) is 10.4. The molecule has 4 nitrogen and oxygen atoms in total. The zero-order chi connectivity index (χ0) is 22.3. The fourth-order valence-corrected chi connectivity index (χ4v) is 3.90. The SMILES string of the molecule is Cc1ccc(NC2=C(c3ccc(C)cc3C)C(=O)N(c3ccc(C)c(Cl)c3)C2=O)cc1. The smallest absolute Gasteiger partial charge is 0.282 e. The quantitative estimate of drug-likeness (QED) is 0.518. The van der Waals surface area contributed by atoms with E-state index in [4.69, 9.17) is 11.6 Å². The van der Waals surface area contributed by atoms with Crippen molar-refractivity contribution in [2.75, 3.05) is 10.2 Å². The number of nitrogens with zero attached hydrogens (tertiary/aromatic N) is 1. The van der Waals surface area contributed by atoms with Crippen molar-refractivity contribution >= 4 is 40.4 Å². The number of carbonyl (C=O) groups is 2. The summed E-state index contributed by atoms with van der Waals surface area (Å²) in [6, 6.07) is 18.8. The molecule has 2 amide bonds. The van der Waals surface area contributed by atoms with Gasteiger partial charge in [0.15, 0.2) is 0 Å². The van der Waals surface area contributed by atoms with Crippen LogP contribution in [0.5, 0.6) is 0 Å². The summed E-state index contributed by atoms with van der Waals surface area (Å²) < 4.78 is 0. The molecule has 0 aromatic heterocycles. The molecule has 1 aliphatic rings. The van der Waals surface area contributed by atoms with Crippen molar-refractivity contribution in [2.45, 2.75) is 27.7 Å². The molecule has 4 rings (SSSR count). The third-order valence-corrected chi connectivity index (χ3v) is 5.88. The maximum Gasteiger partial charge on any atom is 0.282 e. The predicted molar refractivity (Wildman–Crippen MR) is 126 cm³/mol. The molecule has 0 fully saturated rings. The van der Waals surface area contributed by atoms with Gasteiger partial charge < -0.3 is 5.32 Å². The van der Waals surface area contributed by atoms with Gasteiger partial charge in [0.1, 0.15) is 5.70 Å². The first-order valence-electron chi connectivity index (χ1n) is 10.1. The number of imide groups is 1. The van der Waals surface area contributed by atoms with Gasteiger partial charge in [-0.3, -0.25) is 9.59 Å². The highest BCUT2D eigenvalue weighted by atomic mass is 35.5. The molecule has 31 heavy (non-hydrogen) atoms. The molecule has 3 aromatic rings. The van der Waals surface area contributed by atoms with Crippen LogP contribution in [0.25, 0.3) is 5.57 Å². The van der Waals surface area contributed by atoms with E-state index < -0.39 is 5.91 Å². The van der Waals surface area contributed by atoms with Crippen LogP contribution in [0.15, 0.2) is 66.4 Å². The molecular formula is C26H23ClN2O2. The Labute approximate surface area is 187 Å². The molecule has 3 aromatic carbocycles. The van der Waals surface area contributed by atoms with E-state index in [2.05, 4.69) is 5.32 Å².